The molecule has 0 spiro atoms. The molecule has 7 aliphatic heterocycles. The average Bonchev–Trinajstić information content (AvgIpc) is 1.82. The van der Waals surface area contributed by atoms with E-state index in [2.05, 4.69) is 0 Å². The molecule has 0 bridgehead atoms. The van der Waals surface area contributed by atoms with Crippen molar-refractivity contribution >= 4 is 11.9 Å². The molecule has 84 heavy (non-hydrogen) atoms. The van der Waals surface area contributed by atoms with E-state index < -0.39 is 273 Å². The molecule has 7 heterocycles. The number of aliphatic hydroxyl groups excluding tert-OH is 21. The summed E-state index contributed by atoms with van der Waals surface area (Å²) in [6.45, 7) is -5.34. The molecule has 0 aromatic heterocycles. The minimum atomic E-state index is -2.26. The third-order valence-electron chi connectivity index (χ3n) is 15.1. The highest BCUT2D eigenvalue weighted by Crippen LogP contribution is 2.39. The number of rotatable bonds is 21. The van der Waals surface area contributed by atoms with E-state index >= 15 is 0 Å². The molecule has 0 aromatic carbocycles. The Morgan fingerprint density at radius 2 is 0.488 bits per heavy atom. The largest absolute Gasteiger partial charge is 0.454 e. The molecule has 35 atom stereocenters. The number of aliphatic hydroxyl groups is 21. The summed E-state index contributed by atoms with van der Waals surface area (Å²) in [5, 5.41) is 224. The molecule has 0 amide bonds. The van der Waals surface area contributed by atoms with Crippen molar-refractivity contribution in [3.8, 4) is 0 Å². The maximum Gasteiger partial charge on any atom is 0.303 e. The van der Waals surface area contributed by atoms with Crippen LogP contribution in [0.15, 0.2) is 0 Å². The van der Waals surface area contributed by atoms with E-state index in [4.69, 9.17) is 71.1 Å². The predicted molar refractivity (Wildman–Crippen MR) is 251 cm³/mol. The Morgan fingerprint density at radius 3 is 0.774 bits per heavy atom. The van der Waals surface area contributed by atoms with Gasteiger partial charge in [-0.1, -0.05) is 0 Å². The van der Waals surface area contributed by atoms with E-state index in [1.807, 2.05) is 0 Å². The van der Waals surface area contributed by atoms with Crippen LogP contribution in [-0.4, -0.2) is 380 Å². The summed E-state index contributed by atoms with van der Waals surface area (Å²) in [5.41, 5.74) is 0. The normalized spacial score (nSPS) is 50.3. The lowest BCUT2D eigenvalue weighted by Crippen LogP contribution is -2.69. The van der Waals surface area contributed by atoms with Crippen molar-refractivity contribution in [3.63, 3.8) is 0 Å². The molecule has 0 aliphatic carbocycles. The quantitative estimate of drug-likeness (QED) is 0.0475. The van der Waals surface area contributed by atoms with Gasteiger partial charge < -0.3 is 178 Å². The average molecular weight is 1240 g/mol. The van der Waals surface area contributed by atoms with Gasteiger partial charge >= 0.3 is 11.9 Å². The standard InChI is InChI=1S/C46H76O38/c1-10(54)70-38-30(67)36(82-44-28(65)23(60)34(15(6-50)75-44)81-43-27(64)22(59)33(14(5-49)74-43)80-41-26(63)20(57)19(56)12(3-47)73-41)17(8-52)77-46(38)84-37-18(9-53)78-45(39(31(37)68)71-11(2)55)83-35-16(7-51)76-42(29(66)24(35)61)79-32-13(4-48)72-40(69)25(62)21(32)58/h12-53,56-69H,3-9H2,1-2H3/t12-,13-,14-,15-,16-,17-,18-,19-,20+,21-,22-,23-,24-,25+,26+,27+,28+,29+,30+,31+,32-,33-,34-,35-,36-,37-,38+,39+,40?,41+,42+,43+,44+,45+,46+/m1/s1. The molecule has 7 aliphatic rings. The smallest absolute Gasteiger partial charge is 0.303 e. The zero-order valence-corrected chi connectivity index (χ0v) is 44.5. The molecule has 0 aromatic rings. The van der Waals surface area contributed by atoms with Crippen molar-refractivity contribution in [1.82, 2.24) is 0 Å². The van der Waals surface area contributed by atoms with Crippen LogP contribution in [0.1, 0.15) is 13.8 Å². The van der Waals surface area contributed by atoms with Gasteiger partial charge in [0.05, 0.1) is 46.2 Å². The number of hydrogen-bond acceptors (Lipinski definition) is 38. The van der Waals surface area contributed by atoms with E-state index in [1.165, 1.54) is 0 Å². The van der Waals surface area contributed by atoms with Crippen LogP contribution in [0.5, 0.6) is 0 Å². The van der Waals surface area contributed by atoms with Crippen molar-refractivity contribution in [3.05, 3.63) is 0 Å². The van der Waals surface area contributed by atoms with Crippen LogP contribution in [0.25, 0.3) is 0 Å². The van der Waals surface area contributed by atoms with E-state index in [9.17, 15) is 117 Å². The number of carbonyl (C=O) groups is 2. The fourth-order valence-corrected chi connectivity index (χ4v) is 10.6. The van der Waals surface area contributed by atoms with Gasteiger partial charge in [0.15, 0.2) is 56.2 Å². The fraction of sp³-hybridized carbons (Fsp3) is 0.957. The van der Waals surface area contributed by atoms with Crippen molar-refractivity contribution in [1.29, 1.82) is 0 Å². The van der Waals surface area contributed by atoms with Crippen LogP contribution in [0, 0.1) is 0 Å². The number of esters is 2. The van der Waals surface area contributed by atoms with Crippen LogP contribution in [0.3, 0.4) is 0 Å². The summed E-state index contributed by atoms with van der Waals surface area (Å²) in [7, 11) is 0. The van der Waals surface area contributed by atoms with Gasteiger partial charge in [-0.2, -0.15) is 0 Å². The van der Waals surface area contributed by atoms with E-state index in [0.29, 0.717) is 0 Å². The van der Waals surface area contributed by atoms with Gasteiger partial charge in [-0.05, 0) is 0 Å². The monoisotopic (exact) mass is 1240 g/mol. The van der Waals surface area contributed by atoms with E-state index in [-0.39, 0.29) is 0 Å². The minimum Gasteiger partial charge on any atom is -0.454 e. The number of ether oxygens (including phenoxy) is 15. The summed E-state index contributed by atoms with van der Waals surface area (Å²) in [6.07, 6.45) is -68.3. The topological polar surface area (TPSA) is 597 Å². The lowest BCUT2D eigenvalue weighted by atomic mass is 9.95. The second-order valence-corrected chi connectivity index (χ2v) is 20.7. The van der Waals surface area contributed by atoms with E-state index in [0.717, 1.165) is 13.8 Å². The summed E-state index contributed by atoms with van der Waals surface area (Å²) >= 11 is 0. The Bertz CT molecular complexity index is 2040. The lowest BCUT2D eigenvalue weighted by Gasteiger charge is -2.50. The molecular formula is C46H76O38. The molecule has 488 valence electrons. The minimum absolute atomic E-state index is 0.855. The van der Waals surface area contributed by atoms with Crippen molar-refractivity contribution < 1.29 is 188 Å². The highest BCUT2D eigenvalue weighted by atomic mass is 16.8. The van der Waals surface area contributed by atoms with Gasteiger partial charge in [-0.15, -0.1) is 0 Å². The molecule has 0 saturated carbocycles. The van der Waals surface area contributed by atoms with E-state index in [1.54, 1.807) is 0 Å². The Morgan fingerprint density at radius 1 is 0.262 bits per heavy atom. The van der Waals surface area contributed by atoms with Gasteiger partial charge in [-0.3, -0.25) is 9.59 Å². The first-order chi connectivity index (χ1) is 39.8. The third-order valence-corrected chi connectivity index (χ3v) is 15.1. The van der Waals surface area contributed by atoms with Crippen LogP contribution in [-0.2, 0) is 80.6 Å². The molecule has 7 rings (SSSR count). The zero-order valence-electron chi connectivity index (χ0n) is 44.5. The fourth-order valence-electron chi connectivity index (χ4n) is 10.6. The zero-order chi connectivity index (χ0) is 61.9. The van der Waals surface area contributed by atoms with Gasteiger partial charge in [0.1, 0.15) is 159 Å². The molecule has 1 unspecified atom stereocenters. The highest BCUT2D eigenvalue weighted by Gasteiger charge is 2.59. The summed E-state index contributed by atoms with van der Waals surface area (Å²) in [4.78, 5) is 25.1. The van der Waals surface area contributed by atoms with Crippen LogP contribution in [0.4, 0.5) is 0 Å². The Kier molecular flexibility index (Phi) is 24.6. The SMILES string of the molecule is CC(=O)O[C@@H]1[C@H](O[C@H]2[C@H](O)[C@H](OC(C)=O)[C@H](O[C@H]3[C@H](O)[C@H](O)[C@H](O[C@H]4[C@H](O)[C@H](O)C(O)O[C@@H]4CO)O[C@@H]3CO)O[C@@H]2CO)O[C@H](CO)[C@@H](O[C@@H]2O[C@H](CO)[C@@H](O[C@@H]3O[C@H](CO)[C@@H](O[C@@H]4O[C@H](CO)[C@@H](O)[C@H](O)[C@@H]4O)[C@H](O)[C@@H]3O)[C@H](O)[C@@H]2O)[C@@H]1O. The number of hydrogen-bond donors (Lipinski definition) is 21. The molecular weight excluding hydrogens is 1160 g/mol. The van der Waals surface area contributed by atoms with Gasteiger partial charge in [0, 0.05) is 13.8 Å². The van der Waals surface area contributed by atoms with Crippen molar-refractivity contribution in [2.45, 2.75) is 229 Å². The first-order valence-corrected chi connectivity index (χ1v) is 26.4. The Labute approximate surface area is 474 Å². The number of carbonyl (C=O) groups excluding carboxylic acids is 2. The second-order valence-electron chi connectivity index (χ2n) is 20.7. The Balaban J connectivity index is 1.02. The first-order valence-electron chi connectivity index (χ1n) is 26.4. The van der Waals surface area contributed by atoms with Crippen LogP contribution in [0.2, 0.25) is 0 Å². The molecule has 38 nitrogen and oxygen atoms in total. The molecule has 21 N–H and O–H groups in total. The maximum atomic E-state index is 12.6. The molecule has 38 heteroatoms. The Hall–Kier alpha value is -2.42. The summed E-state index contributed by atoms with van der Waals surface area (Å²) < 4.78 is 84.0. The molecule has 7 fully saturated rings. The first kappa shape index (κ1) is 69.1. The summed E-state index contributed by atoms with van der Waals surface area (Å²) in [5.74, 6) is -2.25. The van der Waals surface area contributed by atoms with Crippen LogP contribution >= 0.6 is 0 Å². The van der Waals surface area contributed by atoms with Gasteiger partial charge in [-0.25, -0.2) is 0 Å². The van der Waals surface area contributed by atoms with Crippen molar-refractivity contribution in [2.75, 3.05) is 46.2 Å². The molecule has 0 radical (unpaired) electrons. The molecule has 7 saturated heterocycles. The van der Waals surface area contributed by atoms with Crippen LogP contribution < -0.4 is 0 Å². The van der Waals surface area contributed by atoms with Gasteiger partial charge in [0.25, 0.3) is 0 Å². The van der Waals surface area contributed by atoms with Gasteiger partial charge in [0.2, 0.25) is 0 Å². The predicted octanol–water partition coefficient (Wildman–Crippen LogP) is -15.1. The van der Waals surface area contributed by atoms with Crippen molar-refractivity contribution in [2.24, 2.45) is 0 Å². The maximum absolute atomic E-state index is 12.6. The lowest BCUT2D eigenvalue weighted by molar-refractivity contribution is -0.398. The summed E-state index contributed by atoms with van der Waals surface area (Å²) in [6, 6.07) is 0. The third kappa shape index (κ3) is 14.6. The highest BCUT2D eigenvalue weighted by molar-refractivity contribution is 5.66. The second kappa shape index (κ2) is 29.9.